The van der Waals surface area contributed by atoms with Gasteiger partial charge in [0.2, 0.25) is 0 Å². The van der Waals surface area contributed by atoms with Crippen LogP contribution in [0.25, 0.3) is 21.8 Å². The van der Waals surface area contributed by atoms with Gasteiger partial charge >= 0.3 is 0 Å². The highest BCUT2D eigenvalue weighted by molar-refractivity contribution is 9.10. The molecule has 0 unspecified atom stereocenters. The number of halogens is 1. The van der Waals surface area contributed by atoms with Gasteiger partial charge in [0, 0.05) is 35.2 Å². The van der Waals surface area contributed by atoms with Gasteiger partial charge in [-0.15, -0.1) is 0 Å². The summed E-state index contributed by atoms with van der Waals surface area (Å²) in [6.07, 6.45) is 11.9. The molecule has 0 fully saturated rings. The van der Waals surface area contributed by atoms with E-state index in [0.29, 0.717) is 0 Å². The molecular weight excluding hydrogens is 336 g/mol. The van der Waals surface area contributed by atoms with E-state index in [1.807, 2.05) is 12.4 Å². The van der Waals surface area contributed by atoms with Gasteiger partial charge in [-0.25, -0.2) is 0 Å². The number of nitrogens with zero attached hydrogens (tertiary/aromatic N) is 2. The fourth-order valence-electron chi connectivity index (χ4n) is 3.24. The zero-order valence-electron chi connectivity index (χ0n) is 13.2. The molecule has 116 valence electrons. The van der Waals surface area contributed by atoms with Crippen LogP contribution in [0.5, 0.6) is 0 Å². The van der Waals surface area contributed by atoms with Crippen LogP contribution in [0.15, 0.2) is 41.1 Å². The van der Waals surface area contributed by atoms with Gasteiger partial charge in [0.15, 0.2) is 0 Å². The summed E-state index contributed by atoms with van der Waals surface area (Å²) in [6, 6.07) is 8.65. The molecule has 0 aliphatic carbocycles. The number of benzene rings is 1. The third-order valence-electron chi connectivity index (χ3n) is 4.36. The fraction of sp³-hybridized carbons (Fsp3) is 0.421. The molecule has 0 amide bonds. The van der Waals surface area contributed by atoms with Crippen LogP contribution in [0.3, 0.4) is 0 Å². The highest BCUT2D eigenvalue weighted by Gasteiger charge is 2.12. The zero-order valence-corrected chi connectivity index (χ0v) is 14.8. The van der Waals surface area contributed by atoms with E-state index in [9.17, 15) is 0 Å². The van der Waals surface area contributed by atoms with Crippen molar-refractivity contribution in [2.45, 2.75) is 52.0 Å². The van der Waals surface area contributed by atoms with Gasteiger partial charge < -0.3 is 4.57 Å². The molecule has 0 spiro atoms. The van der Waals surface area contributed by atoms with Crippen molar-refractivity contribution in [2.75, 3.05) is 0 Å². The van der Waals surface area contributed by atoms with Crippen molar-refractivity contribution in [3.05, 3.63) is 41.1 Å². The maximum atomic E-state index is 4.35. The first-order valence-corrected chi connectivity index (χ1v) is 9.12. The molecule has 0 saturated heterocycles. The van der Waals surface area contributed by atoms with Crippen molar-refractivity contribution < 1.29 is 0 Å². The first kappa shape index (κ1) is 15.5. The lowest BCUT2D eigenvalue weighted by atomic mass is 10.1. The second-order valence-corrected chi connectivity index (χ2v) is 6.81. The summed E-state index contributed by atoms with van der Waals surface area (Å²) in [5.41, 5.74) is 2.60. The van der Waals surface area contributed by atoms with Crippen molar-refractivity contribution in [1.82, 2.24) is 9.55 Å². The molecule has 0 radical (unpaired) electrons. The van der Waals surface area contributed by atoms with Crippen molar-refractivity contribution in [3.63, 3.8) is 0 Å². The van der Waals surface area contributed by atoms with Crippen LogP contribution in [0, 0.1) is 0 Å². The number of aryl methyl sites for hydroxylation is 1. The zero-order chi connectivity index (χ0) is 15.4. The van der Waals surface area contributed by atoms with Crippen LogP contribution in [0.2, 0.25) is 0 Å². The highest BCUT2D eigenvalue weighted by atomic mass is 79.9. The molecule has 2 heterocycles. The molecule has 2 nitrogen and oxygen atoms in total. The number of pyridine rings is 1. The van der Waals surface area contributed by atoms with Gasteiger partial charge in [0.1, 0.15) is 0 Å². The van der Waals surface area contributed by atoms with Gasteiger partial charge in [-0.05, 0) is 28.4 Å². The van der Waals surface area contributed by atoms with E-state index < -0.39 is 0 Å². The quantitative estimate of drug-likeness (QED) is 0.452. The topological polar surface area (TPSA) is 17.8 Å². The molecule has 0 bridgehead atoms. The van der Waals surface area contributed by atoms with Gasteiger partial charge in [0.25, 0.3) is 0 Å². The molecule has 0 N–H and O–H groups in total. The Kier molecular flexibility index (Phi) is 5.14. The Hall–Kier alpha value is -1.35. The second-order valence-electron chi connectivity index (χ2n) is 5.95. The molecule has 3 heteroatoms. The molecule has 3 aromatic rings. The van der Waals surface area contributed by atoms with Crippen LogP contribution in [0.1, 0.15) is 45.4 Å². The van der Waals surface area contributed by atoms with Gasteiger partial charge in [-0.3, -0.25) is 4.98 Å². The largest absolute Gasteiger partial charge is 0.339 e. The van der Waals surface area contributed by atoms with Crippen molar-refractivity contribution in [2.24, 2.45) is 0 Å². The summed E-state index contributed by atoms with van der Waals surface area (Å²) < 4.78 is 3.54. The van der Waals surface area contributed by atoms with Crippen LogP contribution < -0.4 is 0 Å². The first-order valence-electron chi connectivity index (χ1n) is 8.33. The minimum Gasteiger partial charge on any atom is -0.339 e. The lowest BCUT2D eigenvalue weighted by Gasteiger charge is -2.08. The third kappa shape index (κ3) is 3.05. The van der Waals surface area contributed by atoms with E-state index in [1.165, 1.54) is 60.3 Å². The molecule has 2 aromatic heterocycles. The van der Waals surface area contributed by atoms with Crippen molar-refractivity contribution >= 4 is 37.7 Å². The SMILES string of the molecule is CCCCCCCCn1c2ccccc2c2cncc(Br)c21. The number of hydrogen-bond donors (Lipinski definition) is 0. The number of unbranched alkanes of at least 4 members (excludes halogenated alkanes) is 5. The minimum atomic E-state index is 1.08. The van der Waals surface area contributed by atoms with E-state index in [2.05, 4.69) is 56.7 Å². The van der Waals surface area contributed by atoms with Gasteiger partial charge in [-0.1, -0.05) is 57.2 Å². The summed E-state index contributed by atoms with van der Waals surface area (Å²) >= 11 is 3.69. The number of para-hydroxylation sites is 1. The first-order chi connectivity index (χ1) is 10.8. The lowest BCUT2D eigenvalue weighted by molar-refractivity contribution is 0.571. The van der Waals surface area contributed by atoms with Gasteiger partial charge in [0.05, 0.1) is 9.99 Å². The molecule has 3 rings (SSSR count). The minimum absolute atomic E-state index is 1.08. The van der Waals surface area contributed by atoms with E-state index in [4.69, 9.17) is 0 Å². The normalized spacial score (nSPS) is 11.5. The molecule has 0 aliphatic heterocycles. The summed E-state index contributed by atoms with van der Waals surface area (Å²) in [6.45, 7) is 3.35. The third-order valence-corrected chi connectivity index (χ3v) is 4.94. The summed E-state index contributed by atoms with van der Waals surface area (Å²) in [5.74, 6) is 0. The van der Waals surface area contributed by atoms with E-state index >= 15 is 0 Å². The smallest absolute Gasteiger partial charge is 0.0667 e. The maximum Gasteiger partial charge on any atom is 0.0667 e. The van der Waals surface area contributed by atoms with Crippen molar-refractivity contribution in [3.8, 4) is 0 Å². The second kappa shape index (κ2) is 7.28. The highest BCUT2D eigenvalue weighted by Crippen LogP contribution is 2.33. The number of hydrogen-bond acceptors (Lipinski definition) is 1. The Balaban J connectivity index is 1.86. The Bertz CT molecular complexity index is 761. The number of aromatic nitrogens is 2. The van der Waals surface area contributed by atoms with E-state index in [0.717, 1.165) is 11.0 Å². The van der Waals surface area contributed by atoms with Crippen LogP contribution in [0.4, 0.5) is 0 Å². The van der Waals surface area contributed by atoms with Crippen LogP contribution >= 0.6 is 15.9 Å². The Labute approximate surface area is 140 Å². The summed E-state index contributed by atoms with van der Waals surface area (Å²) in [5, 5.41) is 2.55. The maximum absolute atomic E-state index is 4.35. The molecular formula is C19H23BrN2. The molecule has 0 aliphatic rings. The standard InChI is InChI=1S/C19H23BrN2/c1-2-3-4-5-6-9-12-22-18-11-8-7-10-15(18)16-13-21-14-17(20)19(16)22/h7-8,10-11,13-14H,2-6,9,12H2,1H3. The number of rotatable bonds is 7. The molecule has 22 heavy (non-hydrogen) atoms. The average molecular weight is 359 g/mol. The Morgan fingerprint density at radius 1 is 0.955 bits per heavy atom. The molecule has 0 saturated carbocycles. The van der Waals surface area contributed by atoms with Crippen molar-refractivity contribution in [1.29, 1.82) is 0 Å². The van der Waals surface area contributed by atoms with E-state index in [-0.39, 0.29) is 0 Å². The number of fused-ring (bicyclic) bond motifs is 3. The Morgan fingerprint density at radius 2 is 1.73 bits per heavy atom. The van der Waals surface area contributed by atoms with Crippen LogP contribution in [-0.4, -0.2) is 9.55 Å². The Morgan fingerprint density at radius 3 is 2.59 bits per heavy atom. The lowest BCUT2D eigenvalue weighted by Crippen LogP contribution is -1.98. The fourth-order valence-corrected chi connectivity index (χ4v) is 3.79. The molecule has 1 aromatic carbocycles. The predicted octanol–water partition coefficient (Wildman–Crippen LogP) is 6.31. The van der Waals surface area contributed by atoms with Crippen LogP contribution in [-0.2, 0) is 6.54 Å². The summed E-state index contributed by atoms with van der Waals surface area (Å²) in [7, 11) is 0. The predicted molar refractivity (Wildman–Crippen MR) is 98.3 cm³/mol. The van der Waals surface area contributed by atoms with E-state index in [1.54, 1.807) is 0 Å². The molecule has 0 atom stereocenters. The monoisotopic (exact) mass is 358 g/mol. The average Bonchev–Trinajstić information content (AvgIpc) is 2.87. The van der Waals surface area contributed by atoms with Gasteiger partial charge in [-0.2, -0.15) is 0 Å². The summed E-state index contributed by atoms with van der Waals surface area (Å²) in [4.78, 5) is 4.35.